The zero-order chi connectivity index (χ0) is 95.1. The molecule has 36 heteroatoms. The van der Waals surface area contributed by atoms with Crippen LogP contribution in [0.15, 0.2) is 146 Å². The molecule has 0 saturated carbocycles. The number of unbranched alkanes of at least 4 members (excludes halogenated alkanes) is 2. The van der Waals surface area contributed by atoms with Crippen LogP contribution >= 0.6 is 11.8 Å². The molecule has 0 unspecified atom stereocenters. The van der Waals surface area contributed by atoms with Gasteiger partial charge in [-0.05, 0) is 129 Å². The topological polar surface area (TPSA) is 506 Å². The molecule has 5 aromatic carbocycles. The van der Waals surface area contributed by atoms with E-state index in [1.165, 1.54) is 65.0 Å². The molecular formula is C95H127N17O18S. The number of nitrogens with two attached hydrogens (primary N) is 2. The molecule has 0 radical (unpaired) electrons. The van der Waals surface area contributed by atoms with Gasteiger partial charge in [-0.3, -0.25) is 76.7 Å². The average molecular weight is 1830 g/mol. The van der Waals surface area contributed by atoms with Gasteiger partial charge in [0.15, 0.2) is 0 Å². The van der Waals surface area contributed by atoms with Gasteiger partial charge in [-0.15, -0.1) is 11.8 Å². The van der Waals surface area contributed by atoms with E-state index in [1.54, 1.807) is 149 Å². The van der Waals surface area contributed by atoms with Crippen LogP contribution in [0, 0.1) is 11.8 Å². The molecular weight excluding hydrogens is 1700 g/mol. The van der Waals surface area contributed by atoms with E-state index >= 15 is 57.5 Å². The van der Waals surface area contributed by atoms with Crippen molar-refractivity contribution in [3.63, 3.8) is 0 Å². The van der Waals surface area contributed by atoms with Crippen molar-refractivity contribution < 1.29 is 86.9 Å². The Hall–Kier alpha value is -12.7. The van der Waals surface area contributed by atoms with E-state index < -0.39 is 204 Å². The monoisotopic (exact) mass is 1830 g/mol. The number of aromatic hydroxyl groups is 1. The molecule has 3 saturated heterocycles. The Labute approximate surface area is 767 Å². The minimum absolute atomic E-state index is 0.00471. The number of carbonyl (C=O) groups excluding carboxylic acids is 15. The second-order valence-electron chi connectivity index (χ2n) is 34.7. The number of amides is 15. The molecule has 3 aliphatic heterocycles. The highest BCUT2D eigenvalue weighted by atomic mass is 32.2. The van der Waals surface area contributed by atoms with Gasteiger partial charge >= 0.3 is 5.97 Å². The van der Waals surface area contributed by atoms with Crippen LogP contribution in [0.1, 0.15) is 146 Å². The first-order valence-electron chi connectivity index (χ1n) is 45.0. The van der Waals surface area contributed by atoms with Gasteiger partial charge in [0.1, 0.15) is 84.3 Å². The predicted octanol–water partition coefficient (Wildman–Crippen LogP) is 2.96. The molecule has 0 bridgehead atoms. The minimum atomic E-state index is -1.67. The van der Waals surface area contributed by atoms with Gasteiger partial charge in [-0.2, -0.15) is 0 Å². The van der Waals surface area contributed by atoms with Crippen molar-refractivity contribution in [2.45, 2.75) is 229 Å². The van der Waals surface area contributed by atoms with Gasteiger partial charge in [0.2, 0.25) is 88.6 Å². The van der Waals surface area contributed by atoms with Crippen LogP contribution in [-0.2, 0) is 109 Å². The largest absolute Gasteiger partial charge is 0.508 e. The summed E-state index contributed by atoms with van der Waals surface area (Å²) in [5, 5.41) is 46.2. The Morgan fingerprint density at radius 2 is 0.992 bits per heavy atom. The van der Waals surface area contributed by atoms with Crippen LogP contribution in [-0.4, -0.2) is 272 Å². The van der Waals surface area contributed by atoms with Crippen molar-refractivity contribution in [2.75, 3.05) is 58.8 Å². The van der Waals surface area contributed by atoms with Gasteiger partial charge in [0.25, 0.3) is 0 Å². The fraction of sp³-hybridized carbons (Fsp3) is 0.495. The number of rotatable bonds is 26. The lowest BCUT2D eigenvalue weighted by atomic mass is 9.98. The Morgan fingerprint density at radius 1 is 0.489 bits per heavy atom. The third-order valence-electron chi connectivity index (χ3n) is 24.0. The number of phenols is 1. The number of aromatic amines is 1. The number of H-pyrrole nitrogens is 1. The number of phenolic OH excluding ortho intramolecular Hbond substituents is 1. The normalized spacial score (nSPS) is 23.8. The van der Waals surface area contributed by atoms with Gasteiger partial charge < -0.3 is 99.0 Å². The molecule has 3 aliphatic rings. The molecule has 3 fully saturated rings. The van der Waals surface area contributed by atoms with Crippen molar-refractivity contribution in [3.8, 4) is 5.75 Å². The van der Waals surface area contributed by atoms with E-state index in [0.29, 0.717) is 70.8 Å². The van der Waals surface area contributed by atoms with Gasteiger partial charge in [0, 0.05) is 95.6 Å². The lowest BCUT2D eigenvalue weighted by Crippen LogP contribution is -2.62. The van der Waals surface area contributed by atoms with E-state index in [4.69, 9.17) is 11.5 Å². The number of primary amides is 1. The van der Waals surface area contributed by atoms with Crippen molar-refractivity contribution in [1.82, 2.24) is 77.3 Å². The summed E-state index contributed by atoms with van der Waals surface area (Å²) in [5.74, 6) is -15.7. The molecule has 35 nitrogen and oxygen atoms in total. The highest BCUT2D eigenvalue weighted by molar-refractivity contribution is 8.00. The van der Waals surface area contributed by atoms with Crippen LogP contribution in [0.4, 0.5) is 0 Å². The number of hydrogen-bond acceptors (Lipinski definition) is 19. The van der Waals surface area contributed by atoms with Crippen LogP contribution in [0.3, 0.4) is 0 Å². The molecule has 6 aromatic rings. The molecule has 9 rings (SSSR count). The number of likely N-dealkylation sites (N-methyl/N-ethyl adjacent to an activating group) is 3. The lowest BCUT2D eigenvalue weighted by Gasteiger charge is -2.38. The van der Waals surface area contributed by atoms with Crippen LogP contribution in [0.5, 0.6) is 5.75 Å². The second-order valence-corrected chi connectivity index (χ2v) is 35.7. The predicted molar refractivity (Wildman–Crippen MR) is 492 cm³/mol. The first-order valence-corrected chi connectivity index (χ1v) is 46.1. The smallest absolute Gasteiger partial charge is 0.303 e. The fourth-order valence-corrected chi connectivity index (χ4v) is 17.6. The summed E-state index contributed by atoms with van der Waals surface area (Å²) in [7, 11) is 4.22. The number of hydrogen-bond donors (Lipinski definition) is 14. The number of fused-ring (bicyclic) bond motifs is 3. The molecule has 0 spiro atoms. The number of carboxylic acid groups (broad SMARTS) is 1. The summed E-state index contributed by atoms with van der Waals surface area (Å²) >= 11 is 0.851. The highest BCUT2D eigenvalue weighted by Crippen LogP contribution is 2.28. The maximum atomic E-state index is 15.8. The summed E-state index contributed by atoms with van der Waals surface area (Å²) in [4.78, 5) is 248. The lowest BCUT2D eigenvalue weighted by molar-refractivity contribution is -0.152. The standard InChI is InChI=1S/C95H127N17O18S/c1-9-10-35-76-94(129)112-46-25-37-75(112)88(123)101-67(34-22-23-44-96)84(119)107-82(58(4)5)95(130)109(7)77(50-60-28-16-12-17-29-60)90(125)102-68(42-43-81(116)117)92(127)111-45-24-36-74(111)89(124)105-71(52-63-53-98-66-33-21-20-32-65(63)66)87(122)104-70(48-62-38-40-64(113)41-39-62)86(121)103-69(47-57(2)3)85(120)106-73(83(118)99-54-79(97)114)55-131-56-80(115)100-72(49-59-26-14-11-15-27-59)91(126)110(8)78(93(128)108(76)6)51-61-30-18-13-19-31-61/h11-21,26-33,38-41,53,57-58,67-78,82,98,113H,9-10,22-25,34-37,42-52,54-56,96H2,1-8H3,(H2,97,114)(H,99,118)(H,100,115)(H,101,123)(H,102,125)(H,103,121)(H,104,122)(H,105,124)(H,106,120)(H,107,119)(H,116,117)/t67-,68-,69-,70-,71-,72-,73-,74+,75+,76-,77-,78-,82-/m0/s1. The SMILES string of the molecule is CCCC[C@H]1C(=O)N2CCC[C@@H]2C(=O)N[C@@H](CCCCN)C(=O)N[C@@H](C(C)C)C(=O)N(C)[C@@H](Cc2ccccc2)C(=O)N[C@@H](CCC(=O)O)C(=O)N2CCC[C@@H]2C(=O)N[C@@H](Cc2c[nH]c3ccccc23)C(=O)N[C@@H](Cc2ccc(O)cc2)C(=O)N[C@@H](CC(C)C)C(=O)N[C@H](C(=O)NCC(N)=O)CSCC(=O)N[C@@H](Cc2ccccc2)C(=O)N(C)[C@@H](Cc2ccccc2)C(=O)N1C. The van der Waals surface area contributed by atoms with E-state index in [9.17, 15) is 29.4 Å². The van der Waals surface area contributed by atoms with E-state index in [0.717, 1.165) is 16.7 Å². The molecule has 15 amide bonds. The zero-order valence-electron chi connectivity index (χ0n) is 75.7. The van der Waals surface area contributed by atoms with Gasteiger partial charge in [0.05, 0.1) is 12.3 Å². The number of benzene rings is 5. The maximum absolute atomic E-state index is 15.8. The summed E-state index contributed by atoms with van der Waals surface area (Å²) in [6.07, 6.45) is 2.04. The van der Waals surface area contributed by atoms with E-state index in [2.05, 4.69) is 52.8 Å². The third kappa shape index (κ3) is 29.4. The quantitative estimate of drug-likeness (QED) is 0.0347. The highest BCUT2D eigenvalue weighted by Gasteiger charge is 2.46. The Kier molecular flexibility index (Phi) is 38.8. The molecule has 16 N–H and O–H groups in total. The Bertz CT molecular complexity index is 4950. The zero-order valence-corrected chi connectivity index (χ0v) is 76.5. The molecule has 1 aromatic heterocycles. The van der Waals surface area contributed by atoms with Crippen molar-refractivity contribution in [1.29, 1.82) is 0 Å². The van der Waals surface area contributed by atoms with E-state index in [1.807, 2.05) is 6.92 Å². The van der Waals surface area contributed by atoms with Gasteiger partial charge in [-0.1, -0.05) is 169 Å². The van der Waals surface area contributed by atoms with Crippen LogP contribution in [0.2, 0.25) is 0 Å². The van der Waals surface area contributed by atoms with Crippen LogP contribution < -0.4 is 59.3 Å². The number of aliphatic carboxylic acids is 1. The number of para-hydroxylation sites is 1. The fourth-order valence-electron chi connectivity index (χ4n) is 16.7. The number of carbonyl (C=O) groups is 16. The summed E-state index contributed by atoms with van der Waals surface area (Å²) in [6.45, 7) is 8.26. The second kappa shape index (κ2) is 49.9. The molecule has 4 heterocycles. The maximum Gasteiger partial charge on any atom is 0.303 e. The molecule has 131 heavy (non-hydrogen) atoms. The van der Waals surface area contributed by atoms with Crippen molar-refractivity contribution in [3.05, 3.63) is 174 Å². The number of carboxylic acids is 1. The van der Waals surface area contributed by atoms with Crippen LogP contribution in [0.25, 0.3) is 10.9 Å². The first kappa shape index (κ1) is 102. The molecule has 13 atom stereocenters. The van der Waals surface area contributed by atoms with Gasteiger partial charge in [-0.25, -0.2) is 0 Å². The number of aromatic nitrogens is 1. The summed E-state index contributed by atoms with van der Waals surface area (Å²) in [6, 6.07) is 20.4. The average Bonchev–Trinajstić information content (AvgIpc) is 1.72. The molecule has 0 aliphatic carbocycles. The summed E-state index contributed by atoms with van der Waals surface area (Å²) in [5.41, 5.74) is 14.9. The third-order valence-corrected chi connectivity index (χ3v) is 25.1. The number of nitrogens with one attached hydrogen (secondary N) is 10. The first-order chi connectivity index (χ1) is 62.6. The number of nitrogens with zero attached hydrogens (tertiary/aromatic N) is 5. The van der Waals surface area contributed by atoms with Crippen molar-refractivity contribution in [2.24, 2.45) is 23.3 Å². The minimum Gasteiger partial charge on any atom is -0.508 e. The Morgan fingerprint density at radius 3 is 1.57 bits per heavy atom. The Balaban J connectivity index is 1.12. The summed E-state index contributed by atoms with van der Waals surface area (Å²) < 4.78 is 0. The van der Waals surface area contributed by atoms with E-state index in [-0.39, 0.29) is 108 Å². The number of thioether (sulfide) groups is 1. The van der Waals surface area contributed by atoms with Crippen molar-refractivity contribution >= 4 is 117 Å². The molecule has 706 valence electrons.